The topological polar surface area (TPSA) is 25.2 Å². The van der Waals surface area contributed by atoms with Gasteiger partial charge in [0.1, 0.15) is 5.82 Å². The summed E-state index contributed by atoms with van der Waals surface area (Å²) in [5.41, 5.74) is 0.674. The Morgan fingerprint density at radius 2 is 2.19 bits per heavy atom. The SMILES string of the molecule is Fc1cc(F)c2occc2c1C1CCCN1. The van der Waals surface area contributed by atoms with Gasteiger partial charge in [-0.25, -0.2) is 8.78 Å². The summed E-state index contributed by atoms with van der Waals surface area (Å²) >= 11 is 0. The van der Waals surface area contributed by atoms with Gasteiger partial charge in [-0.15, -0.1) is 0 Å². The lowest BCUT2D eigenvalue weighted by Gasteiger charge is -2.12. The molecule has 1 aromatic heterocycles. The van der Waals surface area contributed by atoms with Crippen molar-refractivity contribution in [3.63, 3.8) is 0 Å². The minimum Gasteiger partial charge on any atom is -0.461 e. The highest BCUT2D eigenvalue weighted by molar-refractivity contribution is 5.82. The van der Waals surface area contributed by atoms with E-state index in [2.05, 4.69) is 5.32 Å². The average molecular weight is 223 g/mol. The predicted octanol–water partition coefficient (Wildman–Crippen LogP) is 3.14. The normalized spacial score (nSPS) is 20.8. The van der Waals surface area contributed by atoms with Gasteiger partial charge in [0.2, 0.25) is 0 Å². The van der Waals surface area contributed by atoms with E-state index in [0.29, 0.717) is 10.9 Å². The van der Waals surface area contributed by atoms with E-state index in [4.69, 9.17) is 4.42 Å². The molecule has 84 valence electrons. The molecule has 0 bridgehead atoms. The van der Waals surface area contributed by atoms with Crippen molar-refractivity contribution in [3.8, 4) is 0 Å². The lowest BCUT2D eigenvalue weighted by molar-refractivity contribution is 0.529. The van der Waals surface area contributed by atoms with E-state index in [1.54, 1.807) is 6.07 Å². The van der Waals surface area contributed by atoms with E-state index in [-0.39, 0.29) is 11.6 Å². The smallest absolute Gasteiger partial charge is 0.170 e. The molecule has 1 unspecified atom stereocenters. The maximum absolute atomic E-state index is 13.8. The van der Waals surface area contributed by atoms with E-state index in [1.165, 1.54) is 6.26 Å². The summed E-state index contributed by atoms with van der Waals surface area (Å²) < 4.78 is 32.2. The van der Waals surface area contributed by atoms with Crippen LogP contribution in [0.4, 0.5) is 8.78 Å². The highest BCUT2D eigenvalue weighted by atomic mass is 19.1. The van der Waals surface area contributed by atoms with E-state index >= 15 is 0 Å². The molecule has 4 heteroatoms. The zero-order valence-electron chi connectivity index (χ0n) is 8.59. The summed E-state index contributed by atoms with van der Waals surface area (Å²) in [6.07, 6.45) is 3.29. The van der Waals surface area contributed by atoms with Crippen molar-refractivity contribution in [2.24, 2.45) is 0 Å². The van der Waals surface area contributed by atoms with Crippen LogP contribution >= 0.6 is 0 Å². The van der Waals surface area contributed by atoms with Crippen LogP contribution in [0.15, 0.2) is 22.8 Å². The maximum Gasteiger partial charge on any atom is 0.170 e. The van der Waals surface area contributed by atoms with Gasteiger partial charge in [-0.05, 0) is 25.5 Å². The lowest BCUT2D eigenvalue weighted by Crippen LogP contribution is -2.14. The third-order valence-electron chi connectivity index (χ3n) is 3.09. The zero-order chi connectivity index (χ0) is 11.1. The summed E-state index contributed by atoms with van der Waals surface area (Å²) in [6.45, 7) is 0.876. The highest BCUT2D eigenvalue weighted by Crippen LogP contribution is 2.33. The van der Waals surface area contributed by atoms with Gasteiger partial charge in [-0.1, -0.05) is 0 Å². The van der Waals surface area contributed by atoms with Gasteiger partial charge in [0.05, 0.1) is 6.26 Å². The molecular formula is C12H11F2NO. The van der Waals surface area contributed by atoms with Crippen molar-refractivity contribution in [1.29, 1.82) is 0 Å². The van der Waals surface area contributed by atoms with Crippen LogP contribution in [0.3, 0.4) is 0 Å². The molecule has 2 nitrogen and oxygen atoms in total. The summed E-state index contributed by atoms with van der Waals surface area (Å²) in [5.74, 6) is -1.13. The van der Waals surface area contributed by atoms with Crippen LogP contribution in [0.2, 0.25) is 0 Å². The van der Waals surface area contributed by atoms with Crippen LogP contribution in [0.25, 0.3) is 11.0 Å². The quantitative estimate of drug-likeness (QED) is 0.803. The van der Waals surface area contributed by atoms with Crippen molar-refractivity contribution < 1.29 is 13.2 Å². The molecule has 1 N–H and O–H groups in total. The number of furan rings is 1. The van der Waals surface area contributed by atoms with Crippen LogP contribution in [-0.4, -0.2) is 6.54 Å². The Kier molecular flexibility index (Phi) is 2.17. The first-order chi connectivity index (χ1) is 7.77. The fourth-order valence-electron chi connectivity index (χ4n) is 2.37. The molecule has 0 aliphatic carbocycles. The molecule has 1 saturated heterocycles. The van der Waals surface area contributed by atoms with Gasteiger partial charge in [-0.2, -0.15) is 0 Å². The van der Waals surface area contributed by atoms with E-state index < -0.39 is 11.6 Å². The molecule has 0 radical (unpaired) electrons. The van der Waals surface area contributed by atoms with Gasteiger partial charge >= 0.3 is 0 Å². The Bertz CT molecular complexity index is 529. The Morgan fingerprint density at radius 3 is 2.94 bits per heavy atom. The van der Waals surface area contributed by atoms with Gasteiger partial charge in [0, 0.05) is 23.1 Å². The van der Waals surface area contributed by atoms with E-state index in [9.17, 15) is 8.78 Å². The molecule has 0 spiro atoms. The molecule has 1 fully saturated rings. The molecule has 0 amide bonds. The summed E-state index contributed by atoms with van der Waals surface area (Å²) in [5, 5.41) is 3.75. The molecule has 16 heavy (non-hydrogen) atoms. The Labute approximate surface area is 91.2 Å². The van der Waals surface area contributed by atoms with Crippen molar-refractivity contribution in [2.45, 2.75) is 18.9 Å². The largest absolute Gasteiger partial charge is 0.461 e. The molecule has 1 aromatic carbocycles. The molecule has 1 aliphatic rings. The average Bonchev–Trinajstić information content (AvgIpc) is 2.86. The molecule has 1 atom stereocenters. The maximum atomic E-state index is 13.8. The first-order valence-electron chi connectivity index (χ1n) is 5.36. The predicted molar refractivity (Wildman–Crippen MR) is 56.1 cm³/mol. The fourth-order valence-corrected chi connectivity index (χ4v) is 2.37. The van der Waals surface area contributed by atoms with E-state index in [1.807, 2.05) is 0 Å². The number of fused-ring (bicyclic) bond motifs is 1. The van der Waals surface area contributed by atoms with Crippen molar-refractivity contribution in [3.05, 3.63) is 35.6 Å². The van der Waals surface area contributed by atoms with Crippen LogP contribution in [-0.2, 0) is 0 Å². The molecular weight excluding hydrogens is 212 g/mol. The van der Waals surface area contributed by atoms with Crippen molar-refractivity contribution in [1.82, 2.24) is 5.32 Å². The van der Waals surface area contributed by atoms with Crippen LogP contribution in [0, 0.1) is 11.6 Å². The molecule has 0 saturated carbocycles. The van der Waals surface area contributed by atoms with Gasteiger partial charge in [-0.3, -0.25) is 0 Å². The summed E-state index contributed by atoms with van der Waals surface area (Å²) in [4.78, 5) is 0. The number of hydrogen-bond donors (Lipinski definition) is 1. The van der Waals surface area contributed by atoms with Crippen LogP contribution in [0.1, 0.15) is 24.4 Å². The molecule has 1 aliphatic heterocycles. The minimum atomic E-state index is -0.640. The number of rotatable bonds is 1. The summed E-state index contributed by atoms with van der Waals surface area (Å²) in [7, 11) is 0. The van der Waals surface area contributed by atoms with Crippen LogP contribution < -0.4 is 5.32 Å². The monoisotopic (exact) mass is 223 g/mol. The Morgan fingerprint density at radius 1 is 1.31 bits per heavy atom. The van der Waals surface area contributed by atoms with Gasteiger partial charge < -0.3 is 9.73 Å². The first-order valence-corrected chi connectivity index (χ1v) is 5.36. The van der Waals surface area contributed by atoms with Gasteiger partial charge in [0.15, 0.2) is 11.4 Å². The molecule has 2 aromatic rings. The second-order valence-electron chi connectivity index (χ2n) is 4.07. The highest BCUT2D eigenvalue weighted by Gasteiger charge is 2.24. The van der Waals surface area contributed by atoms with Crippen molar-refractivity contribution >= 4 is 11.0 Å². The fraction of sp³-hybridized carbons (Fsp3) is 0.333. The Hall–Kier alpha value is -1.42. The lowest BCUT2D eigenvalue weighted by atomic mass is 10.0. The first kappa shape index (κ1) is 9.78. The molecule has 3 rings (SSSR count). The van der Waals surface area contributed by atoms with Crippen molar-refractivity contribution in [2.75, 3.05) is 6.54 Å². The number of benzene rings is 1. The van der Waals surface area contributed by atoms with Gasteiger partial charge in [0.25, 0.3) is 0 Å². The standard InChI is InChI=1S/C12H11F2NO/c13-8-6-9(14)12-7(3-5-16-12)11(8)10-2-1-4-15-10/h3,5-6,10,15H,1-2,4H2. The number of halogens is 2. The third kappa shape index (κ3) is 1.33. The zero-order valence-corrected chi connectivity index (χ0v) is 8.59. The second-order valence-corrected chi connectivity index (χ2v) is 4.07. The van der Waals surface area contributed by atoms with Crippen LogP contribution in [0.5, 0.6) is 0 Å². The number of nitrogens with one attached hydrogen (secondary N) is 1. The second kappa shape index (κ2) is 3.56. The minimum absolute atomic E-state index is 0.0271. The number of hydrogen-bond acceptors (Lipinski definition) is 2. The van der Waals surface area contributed by atoms with E-state index in [0.717, 1.165) is 25.5 Å². The molecule has 2 heterocycles. The summed E-state index contributed by atoms with van der Waals surface area (Å²) in [6, 6.07) is 2.50. The third-order valence-corrected chi connectivity index (χ3v) is 3.09. The Balaban J connectivity index is 2.25.